The van der Waals surface area contributed by atoms with Gasteiger partial charge in [-0.15, -0.1) is 0 Å². The number of unbranched alkanes of at least 4 members (excludes halogenated alkanes) is 19. The van der Waals surface area contributed by atoms with Gasteiger partial charge in [0.25, 0.3) is 0 Å². The summed E-state index contributed by atoms with van der Waals surface area (Å²) in [6.45, 7) is 2.75. The van der Waals surface area contributed by atoms with Crippen molar-refractivity contribution in [2.24, 2.45) is 5.73 Å². The topological polar surface area (TPSA) is 172 Å². The minimum atomic E-state index is -4.72. The lowest BCUT2D eigenvalue weighted by Gasteiger charge is -2.20. The molecule has 0 fully saturated rings. The van der Waals surface area contributed by atoms with E-state index in [0.717, 1.165) is 83.5 Å². The normalized spacial score (nSPS) is 14.1. The molecule has 3 atom stereocenters. The number of phosphoric ester groups is 1. The molecule has 0 aliphatic carbocycles. The second kappa shape index (κ2) is 37.6. The SMILES string of the molecule is CCCCCC/C=C\C/C=C\CCCCCCCC(=O)OC(COC(=O)CCCCCCC/C=C\CCCCCCC)COP(=O)(O)OCC(N)C(=O)O. The highest BCUT2D eigenvalue weighted by atomic mass is 31.2. The van der Waals surface area contributed by atoms with E-state index in [1.54, 1.807) is 0 Å². The molecular formula is C42H76NO10P. The van der Waals surface area contributed by atoms with Gasteiger partial charge in [0.2, 0.25) is 0 Å². The Hall–Kier alpha value is -2.30. The Bertz CT molecular complexity index is 1060. The molecule has 0 radical (unpaired) electrons. The monoisotopic (exact) mass is 786 g/mol. The summed E-state index contributed by atoms with van der Waals surface area (Å²) in [5.41, 5.74) is 5.32. The van der Waals surface area contributed by atoms with Crippen LogP contribution in [0.4, 0.5) is 0 Å². The van der Waals surface area contributed by atoms with Gasteiger partial charge in [-0.25, -0.2) is 4.57 Å². The Morgan fingerprint density at radius 3 is 1.48 bits per heavy atom. The molecule has 0 rings (SSSR count). The Labute approximate surface area is 327 Å². The Morgan fingerprint density at radius 2 is 0.981 bits per heavy atom. The van der Waals surface area contributed by atoms with Crippen LogP contribution in [-0.4, -0.2) is 59.9 Å². The molecule has 3 unspecified atom stereocenters. The molecule has 12 heteroatoms. The third kappa shape index (κ3) is 36.7. The zero-order valence-electron chi connectivity index (χ0n) is 33.8. The summed E-state index contributed by atoms with van der Waals surface area (Å²) in [7, 11) is -4.72. The van der Waals surface area contributed by atoms with Crippen LogP contribution in [0.2, 0.25) is 0 Å². The number of nitrogens with two attached hydrogens (primary N) is 1. The van der Waals surface area contributed by atoms with Crippen LogP contribution in [0, 0.1) is 0 Å². The van der Waals surface area contributed by atoms with Gasteiger partial charge < -0.3 is 25.2 Å². The van der Waals surface area contributed by atoms with Gasteiger partial charge in [0, 0.05) is 12.8 Å². The molecule has 0 saturated heterocycles. The summed E-state index contributed by atoms with van der Waals surface area (Å²) >= 11 is 0. The molecule has 0 aromatic rings. The molecule has 0 saturated carbocycles. The average Bonchev–Trinajstić information content (AvgIpc) is 3.14. The summed E-state index contributed by atoms with van der Waals surface area (Å²) in [6, 6.07) is -1.52. The van der Waals surface area contributed by atoms with Crippen molar-refractivity contribution < 1.29 is 47.5 Å². The molecular weight excluding hydrogens is 709 g/mol. The van der Waals surface area contributed by atoms with Gasteiger partial charge in [0.15, 0.2) is 6.10 Å². The first-order valence-electron chi connectivity index (χ1n) is 21.0. The number of carboxylic acids is 1. The lowest BCUT2D eigenvalue weighted by atomic mass is 10.1. The minimum absolute atomic E-state index is 0.144. The number of hydrogen-bond donors (Lipinski definition) is 3. The van der Waals surface area contributed by atoms with E-state index < -0.39 is 51.1 Å². The number of aliphatic carboxylic acids is 1. The summed E-state index contributed by atoms with van der Waals surface area (Å²) < 4.78 is 32.6. The van der Waals surface area contributed by atoms with Crippen LogP contribution in [0.3, 0.4) is 0 Å². The molecule has 0 heterocycles. The van der Waals surface area contributed by atoms with E-state index in [2.05, 4.69) is 54.8 Å². The number of phosphoric acid groups is 1. The molecule has 314 valence electrons. The van der Waals surface area contributed by atoms with E-state index in [4.69, 9.17) is 24.8 Å². The second-order valence-electron chi connectivity index (χ2n) is 14.1. The number of carbonyl (C=O) groups is 3. The van der Waals surface area contributed by atoms with Crippen LogP contribution in [0.5, 0.6) is 0 Å². The van der Waals surface area contributed by atoms with E-state index >= 15 is 0 Å². The summed E-state index contributed by atoms with van der Waals surface area (Å²) in [5.74, 6) is -2.41. The number of carbonyl (C=O) groups excluding carboxylic acids is 2. The minimum Gasteiger partial charge on any atom is -0.480 e. The van der Waals surface area contributed by atoms with Crippen LogP contribution in [-0.2, 0) is 37.5 Å². The standard InChI is InChI=1S/C42H76NO10P/c1-3-5-7-9-11-13-15-17-19-20-22-24-26-28-30-32-34-41(45)53-38(36-51-54(48,49)52-37-39(43)42(46)47)35-50-40(44)33-31-29-27-25-23-21-18-16-14-12-10-8-6-4-2/h13,15-16,18-20,38-39H,3-12,14,17,21-37,43H2,1-2H3,(H,46,47)(H,48,49)/b15-13-,18-16-,20-19-. The molecule has 54 heavy (non-hydrogen) atoms. The third-order valence-corrected chi connectivity index (χ3v) is 9.81. The van der Waals surface area contributed by atoms with Crippen molar-refractivity contribution in [2.75, 3.05) is 19.8 Å². The van der Waals surface area contributed by atoms with E-state index in [0.29, 0.717) is 12.8 Å². The Kier molecular flexibility index (Phi) is 36.0. The Morgan fingerprint density at radius 1 is 0.574 bits per heavy atom. The largest absolute Gasteiger partial charge is 0.480 e. The number of carboxylic acid groups (broad SMARTS) is 1. The van der Waals surface area contributed by atoms with Gasteiger partial charge in [-0.2, -0.15) is 0 Å². The lowest BCUT2D eigenvalue weighted by molar-refractivity contribution is -0.161. The summed E-state index contributed by atoms with van der Waals surface area (Å²) in [6.07, 6.45) is 39.2. The fraction of sp³-hybridized carbons (Fsp3) is 0.786. The number of esters is 2. The van der Waals surface area contributed by atoms with E-state index in [-0.39, 0.29) is 19.4 Å². The predicted octanol–water partition coefficient (Wildman–Crippen LogP) is 10.8. The third-order valence-electron chi connectivity index (χ3n) is 8.86. The summed E-state index contributed by atoms with van der Waals surface area (Å²) in [4.78, 5) is 45.9. The Balaban J connectivity index is 4.43. The highest BCUT2D eigenvalue weighted by Crippen LogP contribution is 2.43. The van der Waals surface area contributed by atoms with Crippen molar-refractivity contribution in [1.29, 1.82) is 0 Å². The lowest BCUT2D eigenvalue weighted by Crippen LogP contribution is -2.34. The molecule has 0 spiro atoms. The first kappa shape index (κ1) is 51.7. The van der Waals surface area contributed by atoms with Gasteiger partial charge in [-0.1, -0.05) is 134 Å². The molecule has 0 aromatic heterocycles. The molecule has 0 amide bonds. The molecule has 11 nitrogen and oxygen atoms in total. The molecule has 0 bridgehead atoms. The smallest absolute Gasteiger partial charge is 0.472 e. The van der Waals surface area contributed by atoms with Crippen molar-refractivity contribution in [3.05, 3.63) is 36.5 Å². The zero-order chi connectivity index (χ0) is 40.0. The van der Waals surface area contributed by atoms with Crippen molar-refractivity contribution >= 4 is 25.7 Å². The maximum atomic E-state index is 12.6. The van der Waals surface area contributed by atoms with Crippen molar-refractivity contribution in [1.82, 2.24) is 0 Å². The van der Waals surface area contributed by atoms with E-state index in [1.165, 1.54) is 57.8 Å². The predicted molar refractivity (Wildman–Crippen MR) is 217 cm³/mol. The van der Waals surface area contributed by atoms with Gasteiger partial charge >= 0.3 is 25.7 Å². The van der Waals surface area contributed by atoms with Crippen LogP contribution < -0.4 is 5.73 Å². The van der Waals surface area contributed by atoms with Gasteiger partial charge in [-0.05, 0) is 70.6 Å². The molecule has 0 aliphatic rings. The second-order valence-corrected chi connectivity index (χ2v) is 15.6. The highest BCUT2D eigenvalue weighted by molar-refractivity contribution is 7.47. The first-order valence-corrected chi connectivity index (χ1v) is 22.5. The zero-order valence-corrected chi connectivity index (χ0v) is 34.7. The van der Waals surface area contributed by atoms with Crippen LogP contribution >= 0.6 is 7.82 Å². The van der Waals surface area contributed by atoms with Gasteiger partial charge in [0.05, 0.1) is 13.2 Å². The average molecular weight is 786 g/mol. The maximum absolute atomic E-state index is 12.6. The number of hydrogen-bond acceptors (Lipinski definition) is 9. The molecule has 0 aromatic carbocycles. The highest BCUT2D eigenvalue weighted by Gasteiger charge is 2.28. The van der Waals surface area contributed by atoms with Crippen LogP contribution in [0.25, 0.3) is 0 Å². The van der Waals surface area contributed by atoms with Crippen LogP contribution in [0.1, 0.15) is 181 Å². The molecule has 0 aliphatic heterocycles. The first-order chi connectivity index (χ1) is 26.1. The molecule has 4 N–H and O–H groups in total. The van der Waals surface area contributed by atoms with E-state index in [1.807, 2.05) is 0 Å². The fourth-order valence-corrected chi connectivity index (χ4v) is 6.28. The van der Waals surface area contributed by atoms with E-state index in [9.17, 15) is 23.8 Å². The maximum Gasteiger partial charge on any atom is 0.472 e. The van der Waals surface area contributed by atoms with Crippen molar-refractivity contribution in [3.63, 3.8) is 0 Å². The fourth-order valence-electron chi connectivity index (χ4n) is 5.50. The summed E-state index contributed by atoms with van der Waals surface area (Å²) in [5, 5.41) is 8.88. The van der Waals surface area contributed by atoms with Crippen LogP contribution in [0.15, 0.2) is 36.5 Å². The number of allylic oxidation sites excluding steroid dienone is 6. The van der Waals surface area contributed by atoms with Crippen molar-refractivity contribution in [3.8, 4) is 0 Å². The quantitative estimate of drug-likeness (QED) is 0.0234. The number of rotatable bonds is 39. The van der Waals surface area contributed by atoms with Gasteiger partial charge in [0.1, 0.15) is 12.6 Å². The van der Waals surface area contributed by atoms with Gasteiger partial charge in [-0.3, -0.25) is 23.4 Å². The number of ether oxygens (including phenoxy) is 2. The van der Waals surface area contributed by atoms with Crippen molar-refractivity contribution in [2.45, 2.75) is 193 Å².